The molecule has 0 aliphatic rings. The van der Waals surface area contributed by atoms with E-state index in [2.05, 4.69) is 4.72 Å². The summed E-state index contributed by atoms with van der Waals surface area (Å²) in [7, 11) is -3.88. The molecule has 0 spiro atoms. The van der Waals surface area contributed by atoms with Crippen molar-refractivity contribution < 1.29 is 12.8 Å². The van der Waals surface area contributed by atoms with Crippen LogP contribution >= 0.6 is 23.2 Å². The Labute approximate surface area is 131 Å². The first-order chi connectivity index (χ1) is 9.72. The maximum Gasteiger partial charge on any atom is 0.262 e. The van der Waals surface area contributed by atoms with Gasteiger partial charge in [0.25, 0.3) is 10.0 Å². The minimum atomic E-state index is -3.88. The molecular weight excluding hydrogens is 338 g/mol. The van der Waals surface area contributed by atoms with Gasteiger partial charge in [0.15, 0.2) is 5.82 Å². The van der Waals surface area contributed by atoms with Crippen molar-refractivity contribution in [3.63, 3.8) is 0 Å². The second-order valence-corrected chi connectivity index (χ2v) is 6.79. The number of hydrogen-bond donors (Lipinski definition) is 2. The Kier molecular flexibility index (Phi) is 4.32. The van der Waals surface area contributed by atoms with Crippen LogP contribution in [0.15, 0.2) is 35.2 Å². The predicted molar refractivity (Wildman–Crippen MR) is 82.8 cm³/mol. The van der Waals surface area contributed by atoms with Crippen LogP contribution in [0.5, 0.6) is 0 Å². The van der Waals surface area contributed by atoms with E-state index < -0.39 is 15.8 Å². The normalized spacial score (nSPS) is 11.4. The largest absolute Gasteiger partial charge is 0.398 e. The SMILES string of the molecule is Cc1c(N)cccc1S(=O)(=O)Nc1cc(Cl)c(F)c(Cl)c1. The molecule has 0 aliphatic heterocycles. The molecule has 0 saturated carbocycles. The Balaban J connectivity index is 2.45. The summed E-state index contributed by atoms with van der Waals surface area (Å²) in [5.41, 5.74) is 6.53. The van der Waals surface area contributed by atoms with Gasteiger partial charge in [0, 0.05) is 5.69 Å². The van der Waals surface area contributed by atoms with Gasteiger partial charge in [-0.05, 0) is 36.8 Å². The maximum absolute atomic E-state index is 13.3. The highest BCUT2D eigenvalue weighted by molar-refractivity contribution is 7.92. The van der Waals surface area contributed by atoms with E-state index in [0.29, 0.717) is 11.3 Å². The highest BCUT2D eigenvalue weighted by Gasteiger charge is 2.19. The first-order valence-corrected chi connectivity index (χ1v) is 7.99. The fraction of sp³-hybridized carbons (Fsp3) is 0.0769. The van der Waals surface area contributed by atoms with Crippen molar-refractivity contribution in [2.75, 3.05) is 10.5 Å². The van der Waals surface area contributed by atoms with E-state index in [-0.39, 0.29) is 20.6 Å². The molecule has 0 heterocycles. The van der Waals surface area contributed by atoms with Crippen molar-refractivity contribution in [3.05, 3.63) is 51.8 Å². The van der Waals surface area contributed by atoms with Crippen LogP contribution in [0.1, 0.15) is 5.56 Å². The monoisotopic (exact) mass is 348 g/mol. The zero-order valence-corrected chi connectivity index (χ0v) is 13.2. The van der Waals surface area contributed by atoms with Crippen LogP contribution < -0.4 is 10.5 Å². The molecule has 8 heteroatoms. The second-order valence-electron chi connectivity index (χ2n) is 4.33. The molecule has 0 aliphatic carbocycles. The fourth-order valence-electron chi connectivity index (χ4n) is 1.75. The molecule has 0 atom stereocenters. The molecule has 2 aromatic rings. The van der Waals surface area contributed by atoms with Crippen molar-refractivity contribution >= 4 is 44.6 Å². The molecule has 0 amide bonds. The lowest BCUT2D eigenvalue weighted by molar-refractivity contribution is 0.600. The Morgan fingerprint density at radius 2 is 1.76 bits per heavy atom. The van der Waals surface area contributed by atoms with E-state index in [4.69, 9.17) is 28.9 Å². The topological polar surface area (TPSA) is 72.2 Å². The average Bonchev–Trinajstić information content (AvgIpc) is 2.38. The molecule has 0 radical (unpaired) electrons. The summed E-state index contributed by atoms with van der Waals surface area (Å²) in [6.07, 6.45) is 0. The van der Waals surface area contributed by atoms with Crippen LogP contribution in [0.25, 0.3) is 0 Å². The van der Waals surface area contributed by atoms with Gasteiger partial charge in [-0.1, -0.05) is 29.3 Å². The minimum absolute atomic E-state index is 0.0269. The molecule has 0 saturated heterocycles. The van der Waals surface area contributed by atoms with Gasteiger partial charge in [-0.2, -0.15) is 0 Å². The quantitative estimate of drug-likeness (QED) is 0.654. The number of halogens is 3. The highest BCUT2D eigenvalue weighted by atomic mass is 35.5. The number of nitrogen functional groups attached to an aromatic ring is 1. The van der Waals surface area contributed by atoms with E-state index >= 15 is 0 Å². The lowest BCUT2D eigenvalue weighted by Gasteiger charge is -2.12. The van der Waals surface area contributed by atoms with Gasteiger partial charge < -0.3 is 5.73 Å². The Morgan fingerprint density at radius 3 is 2.33 bits per heavy atom. The molecule has 4 nitrogen and oxygen atoms in total. The Hall–Kier alpha value is -1.50. The van der Waals surface area contributed by atoms with Crippen LogP contribution in [-0.4, -0.2) is 8.42 Å². The zero-order valence-electron chi connectivity index (χ0n) is 10.8. The van der Waals surface area contributed by atoms with Gasteiger partial charge in [0.05, 0.1) is 20.6 Å². The lowest BCUT2D eigenvalue weighted by Crippen LogP contribution is -2.15. The first kappa shape index (κ1) is 15.9. The average molecular weight is 349 g/mol. The smallest absolute Gasteiger partial charge is 0.262 e. The summed E-state index contributed by atoms with van der Waals surface area (Å²) in [5, 5.41) is -0.547. The lowest BCUT2D eigenvalue weighted by atomic mass is 10.2. The third kappa shape index (κ3) is 3.23. The fourth-order valence-corrected chi connectivity index (χ4v) is 3.55. The number of sulfonamides is 1. The van der Waals surface area contributed by atoms with Crippen molar-refractivity contribution in [1.82, 2.24) is 0 Å². The summed E-state index contributed by atoms with van der Waals surface area (Å²) in [5.74, 6) is -0.804. The minimum Gasteiger partial charge on any atom is -0.398 e. The number of nitrogens with one attached hydrogen (secondary N) is 1. The van der Waals surface area contributed by atoms with Gasteiger partial charge in [-0.25, -0.2) is 12.8 Å². The molecule has 2 rings (SSSR count). The van der Waals surface area contributed by atoms with E-state index in [0.717, 1.165) is 12.1 Å². The molecule has 3 N–H and O–H groups in total. The summed E-state index contributed by atoms with van der Waals surface area (Å²) >= 11 is 11.3. The third-order valence-electron chi connectivity index (χ3n) is 2.85. The van der Waals surface area contributed by atoms with E-state index in [9.17, 15) is 12.8 Å². The maximum atomic E-state index is 13.3. The van der Waals surface area contributed by atoms with E-state index in [1.807, 2.05) is 0 Å². The van der Waals surface area contributed by atoms with E-state index in [1.165, 1.54) is 12.1 Å². The summed E-state index contributed by atoms with van der Waals surface area (Å²) < 4.78 is 40.3. The molecule has 0 fully saturated rings. The molecule has 21 heavy (non-hydrogen) atoms. The molecule has 0 bridgehead atoms. The van der Waals surface area contributed by atoms with Crippen LogP contribution in [0.3, 0.4) is 0 Å². The zero-order chi connectivity index (χ0) is 15.8. The summed E-state index contributed by atoms with van der Waals surface area (Å²) in [6.45, 7) is 1.59. The Morgan fingerprint density at radius 1 is 1.19 bits per heavy atom. The number of benzene rings is 2. The van der Waals surface area contributed by atoms with Crippen LogP contribution in [-0.2, 0) is 10.0 Å². The number of anilines is 2. The number of nitrogens with two attached hydrogens (primary N) is 1. The Bertz CT molecular complexity index is 787. The highest BCUT2D eigenvalue weighted by Crippen LogP contribution is 2.29. The number of hydrogen-bond acceptors (Lipinski definition) is 3. The van der Waals surface area contributed by atoms with Crippen LogP contribution in [0, 0.1) is 12.7 Å². The molecule has 0 aromatic heterocycles. The van der Waals surface area contributed by atoms with E-state index in [1.54, 1.807) is 13.0 Å². The standard InChI is InChI=1S/C13H11Cl2FN2O2S/c1-7-11(17)3-2-4-12(7)21(19,20)18-8-5-9(14)13(16)10(15)6-8/h2-6,18H,17H2,1H3. The second kappa shape index (κ2) is 5.71. The molecule has 112 valence electrons. The van der Waals surface area contributed by atoms with Crippen LogP contribution in [0.4, 0.5) is 15.8 Å². The molecule has 2 aromatic carbocycles. The van der Waals surface area contributed by atoms with Crippen molar-refractivity contribution in [1.29, 1.82) is 0 Å². The molecule has 0 unspecified atom stereocenters. The summed E-state index contributed by atoms with van der Waals surface area (Å²) in [6, 6.07) is 6.83. The summed E-state index contributed by atoms with van der Waals surface area (Å²) in [4.78, 5) is 0.0269. The first-order valence-electron chi connectivity index (χ1n) is 5.75. The van der Waals surface area contributed by atoms with Gasteiger partial charge in [-0.3, -0.25) is 4.72 Å². The molecular formula is C13H11Cl2FN2O2S. The van der Waals surface area contributed by atoms with Crippen molar-refractivity contribution in [2.45, 2.75) is 11.8 Å². The van der Waals surface area contributed by atoms with Gasteiger partial charge in [-0.15, -0.1) is 0 Å². The van der Waals surface area contributed by atoms with Gasteiger partial charge in [0.1, 0.15) is 0 Å². The van der Waals surface area contributed by atoms with Crippen LogP contribution in [0.2, 0.25) is 10.0 Å². The van der Waals surface area contributed by atoms with Gasteiger partial charge in [0.2, 0.25) is 0 Å². The third-order valence-corrected chi connectivity index (χ3v) is 4.93. The predicted octanol–water partition coefficient (Wildman–Crippen LogP) is 3.82. The van der Waals surface area contributed by atoms with Crippen molar-refractivity contribution in [2.24, 2.45) is 0 Å². The van der Waals surface area contributed by atoms with Gasteiger partial charge >= 0.3 is 0 Å². The number of rotatable bonds is 3. The van der Waals surface area contributed by atoms with Crippen molar-refractivity contribution in [3.8, 4) is 0 Å².